The number of alkyl halides is 3. The molecule has 298 valence electrons. The van der Waals surface area contributed by atoms with E-state index >= 15 is 4.79 Å². The highest BCUT2D eigenvalue weighted by Crippen LogP contribution is 2.64. The van der Waals surface area contributed by atoms with E-state index in [1.807, 2.05) is 22.6 Å². The number of amides is 4. The maximum absolute atomic E-state index is 15.4. The van der Waals surface area contributed by atoms with Gasteiger partial charge >= 0.3 is 6.18 Å². The molecule has 1 saturated carbocycles. The summed E-state index contributed by atoms with van der Waals surface area (Å²) in [6.07, 6.45) is -2.56. The number of phenols is 1. The van der Waals surface area contributed by atoms with Gasteiger partial charge in [0, 0.05) is 29.3 Å². The number of non-ortho nitro benzene ring substituents is 1. The molecule has 3 fully saturated rings. The first-order valence-electron chi connectivity index (χ1n) is 17.5. The van der Waals surface area contributed by atoms with E-state index in [4.69, 9.17) is 27.9 Å². The molecule has 13 nitrogen and oxygen atoms in total. The number of carbonyl (C=O) groups is 4. The molecule has 2 N–H and O–H groups in total. The van der Waals surface area contributed by atoms with Gasteiger partial charge in [0.1, 0.15) is 0 Å². The van der Waals surface area contributed by atoms with Crippen molar-refractivity contribution in [2.75, 3.05) is 17.4 Å². The van der Waals surface area contributed by atoms with Gasteiger partial charge in [-0.1, -0.05) is 47.0 Å². The van der Waals surface area contributed by atoms with Crippen LogP contribution in [0.5, 0.6) is 11.5 Å². The number of anilines is 2. The number of benzene rings is 3. The molecule has 58 heavy (non-hydrogen) atoms. The molecule has 3 aromatic carbocycles. The molecule has 0 unspecified atom stereocenters. The zero-order valence-electron chi connectivity index (χ0n) is 29.7. The summed E-state index contributed by atoms with van der Waals surface area (Å²) in [5, 5.41) is 22.7. The van der Waals surface area contributed by atoms with Crippen LogP contribution >= 0.6 is 45.8 Å². The maximum atomic E-state index is 15.4. The Morgan fingerprint density at radius 2 is 1.69 bits per heavy atom. The summed E-state index contributed by atoms with van der Waals surface area (Å²) in [4.78, 5) is 74.4. The predicted molar refractivity (Wildman–Crippen MR) is 210 cm³/mol. The van der Waals surface area contributed by atoms with Gasteiger partial charge in [-0.05, 0) is 94.9 Å². The van der Waals surface area contributed by atoms with Crippen LogP contribution in [0.2, 0.25) is 10.0 Å². The van der Waals surface area contributed by atoms with Crippen molar-refractivity contribution in [1.82, 2.24) is 9.99 Å². The number of nitro benzene ring substituents is 1. The second kappa shape index (κ2) is 14.2. The summed E-state index contributed by atoms with van der Waals surface area (Å²) in [5.74, 6) is -8.40. The number of carbonyl (C=O) groups excluding carboxylic acids is 4. The van der Waals surface area contributed by atoms with E-state index in [9.17, 15) is 42.8 Å². The monoisotopic (exact) mass is 947 g/mol. The zero-order valence-corrected chi connectivity index (χ0v) is 33.3. The van der Waals surface area contributed by atoms with Crippen LogP contribution in [0, 0.1) is 37.4 Å². The highest BCUT2D eigenvalue weighted by atomic mass is 127. The van der Waals surface area contributed by atoms with Crippen molar-refractivity contribution in [3.8, 4) is 11.5 Å². The lowest BCUT2D eigenvalue weighted by molar-refractivity contribution is -0.384. The number of hydrogen-bond donors (Lipinski definition) is 2. The average Bonchev–Trinajstić information content (AvgIpc) is 3.57. The second-order valence-corrected chi connectivity index (χ2v) is 16.3. The fraction of sp³-hybridized carbons (Fsp3) is 0.256. The van der Waals surface area contributed by atoms with Crippen LogP contribution in [0.3, 0.4) is 0 Å². The van der Waals surface area contributed by atoms with Gasteiger partial charge in [-0.25, -0.2) is 4.98 Å². The molecule has 4 aliphatic rings. The molecular formula is C39H27Cl2F3IN5O8. The van der Waals surface area contributed by atoms with Gasteiger partial charge in [-0.3, -0.25) is 39.6 Å². The number of nitrogens with zero attached hydrogens (tertiary/aromatic N) is 4. The van der Waals surface area contributed by atoms with Crippen LogP contribution in [-0.4, -0.2) is 50.8 Å². The van der Waals surface area contributed by atoms with Crippen LogP contribution in [0.4, 0.5) is 30.4 Å². The molecule has 2 saturated heterocycles. The number of allylic oxidation sites excluding steroid dienone is 2. The van der Waals surface area contributed by atoms with Gasteiger partial charge in [0.15, 0.2) is 17.3 Å². The number of hydrogen-bond acceptors (Lipinski definition) is 10. The van der Waals surface area contributed by atoms with Crippen molar-refractivity contribution >= 4 is 86.6 Å². The summed E-state index contributed by atoms with van der Waals surface area (Å²) < 4.78 is 46.4. The SMILES string of the molecule is COc1cc([C@H]2C3=CC[C@@H]4C(=O)N(c5ccc([N+](=O)[O-])cc5)C(=O)[C@@H]4[C@@H]3C[C@H]3C(=O)N(Nc4ncc(C(F)(F)F)cc4Cl)C(=O)[C@@]23c2ccc(Cl)cc2)cc(I)c1O. The van der Waals surface area contributed by atoms with Crippen molar-refractivity contribution in [3.05, 3.63) is 125 Å². The zero-order chi connectivity index (χ0) is 41.6. The Bertz CT molecular complexity index is 2490. The van der Waals surface area contributed by atoms with E-state index in [0.717, 1.165) is 4.90 Å². The summed E-state index contributed by atoms with van der Waals surface area (Å²) in [7, 11) is 1.34. The highest BCUT2D eigenvalue weighted by molar-refractivity contribution is 14.1. The van der Waals surface area contributed by atoms with E-state index in [1.54, 1.807) is 36.4 Å². The minimum absolute atomic E-state index is 0.0464. The summed E-state index contributed by atoms with van der Waals surface area (Å²) in [6.45, 7) is 0. The van der Waals surface area contributed by atoms with Gasteiger partial charge in [-0.15, -0.1) is 0 Å². The number of nitro groups is 1. The Morgan fingerprint density at radius 3 is 2.31 bits per heavy atom. The maximum Gasteiger partial charge on any atom is 0.417 e. The molecule has 2 aliphatic heterocycles. The highest BCUT2D eigenvalue weighted by Gasteiger charge is 2.70. The number of rotatable bonds is 7. The first-order valence-corrected chi connectivity index (χ1v) is 19.3. The number of imide groups is 2. The first kappa shape index (κ1) is 39.6. The van der Waals surface area contributed by atoms with Gasteiger partial charge in [0.25, 0.3) is 17.5 Å². The minimum atomic E-state index is -4.78. The Labute approximate surface area is 350 Å². The fourth-order valence-electron chi connectivity index (χ4n) is 9.05. The van der Waals surface area contributed by atoms with E-state index < -0.39 is 86.1 Å². The number of fused-ring (bicyclic) bond motifs is 4. The Hall–Kier alpha value is -5.27. The second-order valence-electron chi connectivity index (χ2n) is 14.3. The predicted octanol–water partition coefficient (Wildman–Crippen LogP) is 7.82. The summed E-state index contributed by atoms with van der Waals surface area (Å²) in [6, 6.07) is 15.0. The normalized spacial score (nSPS) is 25.3. The molecular weight excluding hydrogens is 921 g/mol. The average molecular weight is 948 g/mol. The number of hydrazine groups is 1. The molecule has 4 amide bonds. The van der Waals surface area contributed by atoms with Crippen molar-refractivity contribution in [1.29, 1.82) is 0 Å². The van der Waals surface area contributed by atoms with Gasteiger partial charge in [0.05, 0.1) is 55.0 Å². The number of phenolic OH excluding ortho intramolecular Hbond substituents is 1. The molecule has 0 spiro atoms. The summed E-state index contributed by atoms with van der Waals surface area (Å²) in [5.41, 5.74) is 0.785. The van der Waals surface area contributed by atoms with E-state index in [0.29, 0.717) is 42.6 Å². The van der Waals surface area contributed by atoms with E-state index in [-0.39, 0.29) is 35.7 Å². The standard InChI is InChI=1S/C39H27Cl2F3IN5O8/c1-58-29-13-17(12-28(45)32(29)51)31-23-10-11-24-30(36(54)48(34(24)52)21-6-8-22(9-7-21)50(56)57)25(23)15-26-35(53)49(37(55)38(26,31)18-2-4-20(40)5-3-18)47-33-27(41)14-19(16-46-33)39(42,43)44/h2-10,12-14,16,24-26,30-31,51H,11,15H2,1H3,(H,46,47)/t24-,25+,26-,30-,31-,38+/m0/s1. The number of ether oxygens (including phenoxy) is 1. The smallest absolute Gasteiger partial charge is 0.417 e. The Kier molecular flexibility index (Phi) is 9.70. The Morgan fingerprint density at radius 1 is 1.00 bits per heavy atom. The van der Waals surface area contributed by atoms with E-state index in [1.165, 1.54) is 37.4 Å². The molecule has 1 aromatic heterocycles. The van der Waals surface area contributed by atoms with Crippen molar-refractivity contribution in [2.24, 2.45) is 23.7 Å². The third-order valence-electron chi connectivity index (χ3n) is 11.5. The molecule has 8 rings (SSSR count). The first-order chi connectivity index (χ1) is 27.5. The lowest BCUT2D eigenvalue weighted by Crippen LogP contribution is -2.53. The van der Waals surface area contributed by atoms with Gasteiger partial charge in [0.2, 0.25) is 11.8 Å². The van der Waals surface area contributed by atoms with Crippen LogP contribution in [0.15, 0.2) is 84.6 Å². The molecule has 19 heteroatoms. The number of methoxy groups -OCH3 is 1. The van der Waals surface area contributed by atoms with E-state index in [2.05, 4.69) is 10.4 Å². The van der Waals surface area contributed by atoms with Crippen LogP contribution in [0.25, 0.3) is 0 Å². The lowest BCUT2D eigenvalue weighted by atomic mass is 9.49. The molecule has 0 radical (unpaired) electrons. The number of nitrogens with one attached hydrogen (secondary N) is 1. The number of pyridine rings is 1. The Balaban J connectivity index is 1.32. The third-order valence-corrected chi connectivity index (χ3v) is 12.8. The number of halogens is 6. The van der Waals surface area contributed by atoms with Gasteiger partial charge < -0.3 is 9.84 Å². The largest absolute Gasteiger partial charge is 0.504 e. The molecule has 0 bridgehead atoms. The minimum Gasteiger partial charge on any atom is -0.504 e. The van der Waals surface area contributed by atoms with Crippen molar-refractivity contribution < 1.29 is 47.1 Å². The molecule has 2 aliphatic carbocycles. The van der Waals surface area contributed by atoms with Crippen LogP contribution in [0.1, 0.15) is 35.4 Å². The third kappa shape index (κ3) is 5.99. The number of aromatic hydroxyl groups is 1. The van der Waals surface area contributed by atoms with Crippen LogP contribution < -0.4 is 15.1 Å². The molecule has 3 heterocycles. The molecule has 4 aromatic rings. The van der Waals surface area contributed by atoms with Gasteiger partial charge in [-0.2, -0.15) is 18.2 Å². The topological polar surface area (TPSA) is 172 Å². The fourth-order valence-corrected chi connectivity index (χ4v) is 10.0. The van der Waals surface area contributed by atoms with Crippen LogP contribution in [-0.2, 0) is 30.8 Å². The summed E-state index contributed by atoms with van der Waals surface area (Å²) >= 11 is 14.5. The molecule has 6 atom stereocenters. The lowest BCUT2D eigenvalue weighted by Gasteiger charge is -2.50. The number of aromatic nitrogens is 1. The van der Waals surface area contributed by atoms with Crippen molar-refractivity contribution in [2.45, 2.75) is 30.4 Å². The quantitative estimate of drug-likeness (QED) is 0.0612. The van der Waals surface area contributed by atoms with Crippen molar-refractivity contribution in [3.63, 3.8) is 0 Å².